The third-order valence-corrected chi connectivity index (χ3v) is 18.2. The molecule has 5 atom stereocenters. The van der Waals surface area contributed by atoms with Crippen molar-refractivity contribution in [2.75, 3.05) is 39.6 Å². The zero-order chi connectivity index (χ0) is 76.0. The van der Waals surface area contributed by atoms with Crippen molar-refractivity contribution in [3.63, 3.8) is 0 Å². The molecule has 0 aromatic heterocycles. The van der Waals surface area contributed by atoms with Gasteiger partial charge in [0, 0.05) is 25.7 Å². The summed E-state index contributed by atoms with van der Waals surface area (Å²) in [6.07, 6.45) is 87.0. The largest absolute Gasteiger partial charge is 0.472 e. The molecule has 0 aliphatic heterocycles. The first-order chi connectivity index (χ1) is 50.7. The second-order valence-corrected chi connectivity index (χ2v) is 29.2. The average Bonchev–Trinajstić information content (AvgIpc) is 0.929. The number of carbonyl (C=O) groups is 4. The van der Waals surface area contributed by atoms with Crippen LogP contribution in [0, 0.1) is 0 Å². The van der Waals surface area contributed by atoms with Gasteiger partial charge < -0.3 is 33.8 Å². The molecule has 594 valence electrons. The predicted octanol–water partition coefficient (Wildman–Crippen LogP) is 23.4. The minimum atomic E-state index is -5.00. The lowest BCUT2D eigenvalue weighted by Gasteiger charge is -2.21. The highest BCUT2D eigenvalue weighted by molar-refractivity contribution is 7.47. The molecule has 0 aliphatic carbocycles. The van der Waals surface area contributed by atoms with Crippen LogP contribution in [0.1, 0.15) is 310 Å². The molecule has 0 radical (unpaired) electrons. The number of aliphatic hydroxyl groups is 1. The minimum Gasteiger partial charge on any atom is -0.462 e. The van der Waals surface area contributed by atoms with E-state index in [4.69, 9.17) is 37.0 Å². The van der Waals surface area contributed by atoms with E-state index in [-0.39, 0.29) is 25.7 Å². The molecular formula is C85H142O17P2. The van der Waals surface area contributed by atoms with Crippen molar-refractivity contribution >= 4 is 39.5 Å². The summed E-state index contributed by atoms with van der Waals surface area (Å²) in [6.45, 7) is 4.54. The number of carbonyl (C=O) groups excluding carboxylic acids is 4. The first kappa shape index (κ1) is 98.9. The summed E-state index contributed by atoms with van der Waals surface area (Å²) in [4.78, 5) is 72.9. The van der Waals surface area contributed by atoms with Gasteiger partial charge in [0.2, 0.25) is 0 Å². The lowest BCUT2D eigenvalue weighted by molar-refractivity contribution is -0.161. The van der Waals surface area contributed by atoms with Gasteiger partial charge in [0.05, 0.1) is 26.4 Å². The summed E-state index contributed by atoms with van der Waals surface area (Å²) in [5.41, 5.74) is 0. The SMILES string of the molecule is CC/C=C\C/C=C\C/C=C\C/C=C\C/C=C\C/C=C\CCC(=O)OCC(COP(=O)(O)OCC(O)COP(=O)(O)OCC(COC(=O)CCCCCCCC/C=C\C/C=C\C/C=C\CCCCC)OC(=O)CCCCCCC/C=C\CCCC)OC(=O)CCCCCCC/C=C\C/C=C\CCCCC. The van der Waals surface area contributed by atoms with Crippen molar-refractivity contribution in [2.45, 2.75) is 329 Å². The summed E-state index contributed by atoms with van der Waals surface area (Å²) in [7, 11) is -9.99. The lowest BCUT2D eigenvalue weighted by Crippen LogP contribution is -2.30. The van der Waals surface area contributed by atoms with Crippen LogP contribution in [-0.4, -0.2) is 96.7 Å². The Labute approximate surface area is 630 Å². The Morgan fingerprint density at radius 1 is 0.279 bits per heavy atom. The van der Waals surface area contributed by atoms with Crippen LogP contribution >= 0.6 is 15.6 Å². The summed E-state index contributed by atoms with van der Waals surface area (Å²) < 4.78 is 68.5. The van der Waals surface area contributed by atoms with Crippen molar-refractivity contribution < 1.29 is 80.2 Å². The zero-order valence-corrected chi connectivity index (χ0v) is 66.7. The van der Waals surface area contributed by atoms with Gasteiger partial charge in [0.15, 0.2) is 12.2 Å². The number of unbranched alkanes of at least 4 members (excludes halogenated alkanes) is 24. The summed E-state index contributed by atoms with van der Waals surface area (Å²) in [5.74, 6) is -2.32. The first-order valence-corrected chi connectivity index (χ1v) is 43.1. The topological polar surface area (TPSA) is 237 Å². The number of allylic oxidation sites excluding steroid dienone is 24. The average molecular weight is 1500 g/mol. The van der Waals surface area contributed by atoms with Gasteiger partial charge in [-0.1, -0.05) is 276 Å². The molecule has 0 saturated carbocycles. The summed E-state index contributed by atoms with van der Waals surface area (Å²) >= 11 is 0. The summed E-state index contributed by atoms with van der Waals surface area (Å²) in [5, 5.41) is 10.6. The van der Waals surface area contributed by atoms with E-state index < -0.39 is 97.5 Å². The molecule has 3 N–H and O–H groups in total. The van der Waals surface area contributed by atoms with Gasteiger partial charge in [-0.2, -0.15) is 0 Å². The smallest absolute Gasteiger partial charge is 0.462 e. The Morgan fingerprint density at radius 2 is 0.529 bits per heavy atom. The molecule has 0 saturated heterocycles. The molecule has 0 fully saturated rings. The Balaban J connectivity index is 5.41. The van der Waals surface area contributed by atoms with Crippen LogP contribution in [0.3, 0.4) is 0 Å². The van der Waals surface area contributed by atoms with E-state index in [2.05, 4.69) is 155 Å². The van der Waals surface area contributed by atoms with Gasteiger partial charge in [-0.05, 0) is 154 Å². The van der Waals surface area contributed by atoms with Crippen molar-refractivity contribution in [3.05, 3.63) is 146 Å². The standard InChI is InChI=1S/C85H142O17P2/c1-5-9-13-17-21-25-29-32-35-37-39-41-44-46-50-53-57-61-65-69-82(87)95-75-80(101-84(89)71-67-63-59-55-49-28-24-20-16-12-8-4)77-99-103(91,92)97-73-79(86)74-98-104(93,94)100-78-81(102-85(90)72-68-64-60-56-52-48-43-34-31-27-23-19-15-11-7-3)76-96-83(88)70-66-62-58-54-51-47-45-42-40-38-36-33-30-26-22-18-14-10-6-2/h10,14,20-27,32-36,39-43,47,51,58,62,79-81,86H,5-9,11-13,15-19,28-31,37-38,44-46,48-50,52-57,59-61,63-78H2,1-4H3,(H,91,92)(H,93,94)/b14-10-,24-20-,25-21-,26-22-,27-23-,35-32-,36-33-,41-39-,42-40-,43-34-,51-47-,62-58-. The van der Waals surface area contributed by atoms with Crippen LogP contribution < -0.4 is 0 Å². The van der Waals surface area contributed by atoms with Gasteiger partial charge in [-0.25, -0.2) is 9.13 Å². The highest BCUT2D eigenvalue weighted by Crippen LogP contribution is 2.45. The number of phosphoric ester groups is 2. The van der Waals surface area contributed by atoms with Crippen LogP contribution in [0.5, 0.6) is 0 Å². The van der Waals surface area contributed by atoms with Crippen molar-refractivity contribution in [1.82, 2.24) is 0 Å². The summed E-state index contributed by atoms with van der Waals surface area (Å²) in [6, 6.07) is 0. The maximum atomic E-state index is 13.1. The highest BCUT2D eigenvalue weighted by atomic mass is 31.2. The molecule has 0 spiro atoms. The number of rotatable bonds is 74. The molecule has 0 aromatic carbocycles. The van der Waals surface area contributed by atoms with Crippen molar-refractivity contribution in [1.29, 1.82) is 0 Å². The number of hydrogen-bond acceptors (Lipinski definition) is 15. The molecule has 0 bridgehead atoms. The zero-order valence-electron chi connectivity index (χ0n) is 64.9. The molecule has 0 rings (SSSR count). The molecule has 17 nitrogen and oxygen atoms in total. The van der Waals surface area contributed by atoms with Crippen LogP contribution in [-0.2, 0) is 65.4 Å². The highest BCUT2D eigenvalue weighted by Gasteiger charge is 2.30. The van der Waals surface area contributed by atoms with Crippen molar-refractivity contribution in [2.24, 2.45) is 0 Å². The van der Waals surface area contributed by atoms with E-state index in [0.717, 1.165) is 173 Å². The van der Waals surface area contributed by atoms with E-state index in [1.807, 2.05) is 18.2 Å². The molecule has 0 amide bonds. The van der Waals surface area contributed by atoms with Crippen molar-refractivity contribution in [3.8, 4) is 0 Å². The fourth-order valence-corrected chi connectivity index (χ4v) is 11.7. The van der Waals surface area contributed by atoms with E-state index >= 15 is 0 Å². The maximum Gasteiger partial charge on any atom is 0.472 e. The Hall–Kier alpha value is -5.06. The molecule has 0 heterocycles. The fourth-order valence-electron chi connectivity index (χ4n) is 10.1. The second kappa shape index (κ2) is 76.1. The Kier molecular flexibility index (Phi) is 72.4. The van der Waals surface area contributed by atoms with Crippen LogP contribution in [0.2, 0.25) is 0 Å². The van der Waals surface area contributed by atoms with Crippen LogP contribution in [0.15, 0.2) is 146 Å². The van der Waals surface area contributed by atoms with E-state index in [0.29, 0.717) is 32.1 Å². The minimum absolute atomic E-state index is 0.0292. The predicted molar refractivity (Wildman–Crippen MR) is 427 cm³/mol. The first-order valence-electron chi connectivity index (χ1n) is 40.1. The number of phosphoric acid groups is 2. The van der Waals surface area contributed by atoms with E-state index in [1.54, 1.807) is 0 Å². The van der Waals surface area contributed by atoms with Gasteiger partial charge in [-0.15, -0.1) is 0 Å². The quantitative estimate of drug-likeness (QED) is 0.0169. The second-order valence-electron chi connectivity index (χ2n) is 26.3. The fraction of sp³-hybridized carbons (Fsp3) is 0.671. The third kappa shape index (κ3) is 75.2. The number of esters is 4. The molecule has 19 heteroatoms. The monoisotopic (exact) mass is 1500 g/mol. The van der Waals surface area contributed by atoms with Gasteiger partial charge in [-0.3, -0.25) is 37.3 Å². The molecule has 0 aromatic rings. The Morgan fingerprint density at radius 3 is 0.865 bits per heavy atom. The molecule has 104 heavy (non-hydrogen) atoms. The molecule has 0 aliphatic rings. The van der Waals surface area contributed by atoms with Gasteiger partial charge in [0.1, 0.15) is 19.3 Å². The van der Waals surface area contributed by atoms with Gasteiger partial charge in [0.25, 0.3) is 0 Å². The van der Waals surface area contributed by atoms with Crippen LogP contribution in [0.25, 0.3) is 0 Å². The maximum absolute atomic E-state index is 13.1. The normalized spacial score (nSPS) is 14.6. The lowest BCUT2D eigenvalue weighted by atomic mass is 10.1. The molecular weight excluding hydrogens is 1350 g/mol. The van der Waals surface area contributed by atoms with Crippen LogP contribution in [0.4, 0.5) is 0 Å². The number of aliphatic hydroxyl groups excluding tert-OH is 1. The Bertz CT molecular complexity index is 2540. The molecule has 5 unspecified atom stereocenters. The van der Waals surface area contributed by atoms with Gasteiger partial charge >= 0.3 is 39.5 Å². The van der Waals surface area contributed by atoms with E-state index in [9.17, 15) is 43.2 Å². The third-order valence-electron chi connectivity index (χ3n) is 16.3. The van der Waals surface area contributed by atoms with E-state index in [1.165, 1.54) is 51.4 Å². The number of hydrogen-bond donors (Lipinski definition) is 3. The number of ether oxygens (including phenoxy) is 4.